The van der Waals surface area contributed by atoms with Gasteiger partial charge in [-0.15, -0.1) is 0 Å². The number of halogens is 1. The molecule has 2 aromatic carbocycles. The van der Waals surface area contributed by atoms with Gasteiger partial charge in [-0.05, 0) is 54.8 Å². The molecule has 0 bridgehead atoms. The number of aromatic nitrogens is 1. The molecule has 0 aliphatic rings. The molecule has 8 heteroatoms. The van der Waals surface area contributed by atoms with Gasteiger partial charge in [-0.1, -0.05) is 59.6 Å². The number of methoxy groups -OCH3 is 1. The first-order valence-electron chi connectivity index (χ1n) is 12.7. The minimum atomic E-state index is -0.311. The van der Waals surface area contributed by atoms with E-state index in [1.807, 2.05) is 60.5 Å². The smallest absolute Gasteiger partial charge is 0.322 e. The standard InChI is InChI=1S/C29H37BrN4O3/c1-4-5-16-33(21-26-10-8-17-32(26)20-24-12-14-25(30)15-13-24)28(35)22-34(18-19-37-3)29(36)31-27-11-7-6-9-23(27)2/h6-15,17H,4-5,16,18-22H2,1-3H3,(H,31,36). The van der Waals surface area contributed by atoms with E-state index in [1.54, 1.807) is 7.11 Å². The molecule has 0 aliphatic heterocycles. The lowest BCUT2D eigenvalue weighted by molar-refractivity contribution is -0.132. The van der Waals surface area contributed by atoms with E-state index in [0.717, 1.165) is 40.8 Å². The second kappa shape index (κ2) is 14.6. The number of hydrogen-bond acceptors (Lipinski definition) is 3. The van der Waals surface area contributed by atoms with Crippen LogP contribution in [-0.2, 0) is 22.6 Å². The third-order valence-electron chi connectivity index (χ3n) is 6.24. The number of unbranched alkanes of at least 4 members (excludes halogenated alkanes) is 1. The van der Waals surface area contributed by atoms with E-state index in [0.29, 0.717) is 26.2 Å². The van der Waals surface area contributed by atoms with E-state index in [1.165, 1.54) is 10.5 Å². The summed E-state index contributed by atoms with van der Waals surface area (Å²) in [5, 5.41) is 2.95. The van der Waals surface area contributed by atoms with Crippen molar-refractivity contribution in [3.63, 3.8) is 0 Å². The molecule has 37 heavy (non-hydrogen) atoms. The number of nitrogens with zero attached hydrogens (tertiary/aromatic N) is 3. The number of benzene rings is 2. The number of carbonyl (C=O) groups excluding carboxylic acids is 2. The Hall–Kier alpha value is -3.10. The monoisotopic (exact) mass is 568 g/mol. The van der Waals surface area contributed by atoms with Gasteiger partial charge in [0, 0.05) is 48.8 Å². The maximum absolute atomic E-state index is 13.5. The highest BCUT2D eigenvalue weighted by Gasteiger charge is 2.22. The number of anilines is 1. The van der Waals surface area contributed by atoms with Crippen LogP contribution in [-0.4, -0.2) is 59.7 Å². The van der Waals surface area contributed by atoms with Crippen LogP contribution in [0, 0.1) is 6.92 Å². The first kappa shape index (κ1) is 28.5. The maximum atomic E-state index is 13.5. The Balaban J connectivity index is 1.72. The maximum Gasteiger partial charge on any atom is 0.322 e. The van der Waals surface area contributed by atoms with Crippen LogP contribution in [0.2, 0.25) is 0 Å². The molecule has 198 valence electrons. The Morgan fingerprint density at radius 3 is 2.46 bits per heavy atom. The van der Waals surface area contributed by atoms with Crippen LogP contribution in [0.25, 0.3) is 0 Å². The Morgan fingerprint density at radius 1 is 1.00 bits per heavy atom. The van der Waals surface area contributed by atoms with E-state index < -0.39 is 0 Å². The third kappa shape index (κ3) is 8.76. The third-order valence-corrected chi connectivity index (χ3v) is 6.77. The lowest BCUT2D eigenvalue weighted by Gasteiger charge is -2.28. The molecule has 0 aliphatic carbocycles. The molecule has 0 atom stereocenters. The van der Waals surface area contributed by atoms with Gasteiger partial charge in [0.2, 0.25) is 5.91 Å². The lowest BCUT2D eigenvalue weighted by Crippen LogP contribution is -2.46. The second-order valence-corrected chi connectivity index (χ2v) is 10.00. The molecular formula is C29H37BrN4O3. The van der Waals surface area contributed by atoms with Crippen molar-refractivity contribution in [2.24, 2.45) is 0 Å². The zero-order valence-electron chi connectivity index (χ0n) is 22.0. The van der Waals surface area contributed by atoms with E-state index >= 15 is 0 Å². The fourth-order valence-corrected chi connectivity index (χ4v) is 4.26. The first-order valence-corrected chi connectivity index (χ1v) is 13.5. The summed E-state index contributed by atoms with van der Waals surface area (Å²) in [5.74, 6) is -0.0825. The number of hydrogen-bond donors (Lipinski definition) is 1. The molecule has 0 saturated heterocycles. The Morgan fingerprint density at radius 2 is 1.76 bits per heavy atom. The quantitative estimate of drug-likeness (QED) is 0.278. The summed E-state index contributed by atoms with van der Waals surface area (Å²) in [6.45, 7) is 6.55. The summed E-state index contributed by atoms with van der Waals surface area (Å²) in [7, 11) is 1.59. The number of para-hydroxylation sites is 1. The highest BCUT2D eigenvalue weighted by atomic mass is 79.9. The fourth-order valence-electron chi connectivity index (χ4n) is 3.99. The number of nitrogens with one attached hydrogen (secondary N) is 1. The van der Waals surface area contributed by atoms with Gasteiger partial charge in [0.05, 0.1) is 13.2 Å². The predicted molar refractivity (Wildman–Crippen MR) is 152 cm³/mol. The summed E-state index contributed by atoms with van der Waals surface area (Å²) in [5.41, 5.74) is 3.94. The van der Waals surface area contributed by atoms with E-state index in [9.17, 15) is 9.59 Å². The second-order valence-electron chi connectivity index (χ2n) is 9.08. The number of rotatable bonds is 13. The van der Waals surface area contributed by atoms with E-state index in [2.05, 4.69) is 50.9 Å². The zero-order chi connectivity index (χ0) is 26.6. The number of aryl methyl sites for hydroxylation is 1. The molecule has 0 unspecified atom stereocenters. The minimum absolute atomic E-state index is 0.0157. The Kier molecular flexibility index (Phi) is 11.2. The first-order chi connectivity index (χ1) is 17.9. The van der Waals surface area contributed by atoms with Gasteiger partial charge in [-0.2, -0.15) is 0 Å². The number of amides is 3. The average molecular weight is 570 g/mol. The molecule has 0 radical (unpaired) electrons. The topological polar surface area (TPSA) is 66.8 Å². The molecule has 1 aromatic heterocycles. The van der Waals surface area contributed by atoms with Gasteiger partial charge < -0.3 is 24.4 Å². The fraction of sp³-hybridized carbons (Fsp3) is 0.379. The number of carbonyl (C=O) groups is 2. The van der Waals surface area contributed by atoms with Crippen molar-refractivity contribution in [2.75, 3.05) is 38.7 Å². The van der Waals surface area contributed by atoms with Crippen LogP contribution in [0.15, 0.2) is 71.3 Å². The highest BCUT2D eigenvalue weighted by molar-refractivity contribution is 9.10. The molecule has 3 rings (SSSR count). The van der Waals surface area contributed by atoms with Crippen molar-refractivity contribution >= 4 is 33.6 Å². The van der Waals surface area contributed by atoms with Crippen LogP contribution in [0.1, 0.15) is 36.6 Å². The molecule has 3 aromatic rings. The molecule has 1 heterocycles. The van der Waals surface area contributed by atoms with E-state index in [-0.39, 0.29) is 18.5 Å². The van der Waals surface area contributed by atoms with Crippen molar-refractivity contribution in [3.8, 4) is 0 Å². The van der Waals surface area contributed by atoms with Crippen molar-refractivity contribution in [1.29, 1.82) is 0 Å². The predicted octanol–water partition coefficient (Wildman–Crippen LogP) is 5.92. The summed E-state index contributed by atoms with van der Waals surface area (Å²) < 4.78 is 8.43. The van der Waals surface area contributed by atoms with Gasteiger partial charge in [-0.3, -0.25) is 4.79 Å². The van der Waals surface area contributed by atoms with Crippen molar-refractivity contribution in [1.82, 2.24) is 14.4 Å². The van der Waals surface area contributed by atoms with Gasteiger partial charge in [0.25, 0.3) is 0 Å². The Labute approximate surface area is 228 Å². The van der Waals surface area contributed by atoms with Crippen molar-refractivity contribution in [2.45, 2.75) is 39.8 Å². The van der Waals surface area contributed by atoms with Crippen LogP contribution in [0.4, 0.5) is 10.5 Å². The Bertz CT molecular complexity index is 1150. The largest absolute Gasteiger partial charge is 0.383 e. The van der Waals surface area contributed by atoms with Gasteiger partial charge in [-0.25, -0.2) is 4.79 Å². The average Bonchev–Trinajstić information content (AvgIpc) is 3.33. The summed E-state index contributed by atoms with van der Waals surface area (Å²) in [6.07, 6.45) is 3.91. The molecular weight excluding hydrogens is 532 g/mol. The van der Waals surface area contributed by atoms with E-state index in [4.69, 9.17) is 4.74 Å². The number of ether oxygens (including phenoxy) is 1. The minimum Gasteiger partial charge on any atom is -0.383 e. The molecule has 0 fully saturated rings. The van der Waals surface area contributed by atoms with Crippen LogP contribution in [0.3, 0.4) is 0 Å². The molecule has 0 saturated carbocycles. The van der Waals surface area contributed by atoms with Gasteiger partial charge >= 0.3 is 6.03 Å². The van der Waals surface area contributed by atoms with Crippen LogP contribution >= 0.6 is 15.9 Å². The van der Waals surface area contributed by atoms with Crippen molar-refractivity contribution < 1.29 is 14.3 Å². The molecule has 7 nitrogen and oxygen atoms in total. The van der Waals surface area contributed by atoms with Gasteiger partial charge in [0.1, 0.15) is 6.54 Å². The van der Waals surface area contributed by atoms with Crippen LogP contribution < -0.4 is 5.32 Å². The van der Waals surface area contributed by atoms with Crippen LogP contribution in [0.5, 0.6) is 0 Å². The summed E-state index contributed by atoms with van der Waals surface area (Å²) in [6, 6.07) is 19.6. The van der Waals surface area contributed by atoms with Crippen molar-refractivity contribution in [3.05, 3.63) is 88.2 Å². The highest BCUT2D eigenvalue weighted by Crippen LogP contribution is 2.16. The SMILES string of the molecule is CCCCN(Cc1cccn1Cc1ccc(Br)cc1)C(=O)CN(CCOC)C(=O)Nc1ccccc1C. The number of urea groups is 1. The lowest BCUT2D eigenvalue weighted by atomic mass is 10.2. The summed E-state index contributed by atoms with van der Waals surface area (Å²) in [4.78, 5) is 30.0. The normalized spacial score (nSPS) is 10.8. The summed E-state index contributed by atoms with van der Waals surface area (Å²) >= 11 is 3.49. The molecule has 3 amide bonds. The molecule has 0 spiro atoms. The molecule has 1 N–H and O–H groups in total. The zero-order valence-corrected chi connectivity index (χ0v) is 23.5. The van der Waals surface area contributed by atoms with Gasteiger partial charge in [0.15, 0.2) is 0 Å².